The number of ether oxygens (including phenoxy) is 2. The van der Waals surface area contributed by atoms with Crippen LogP contribution in [0.5, 0.6) is 0 Å². The number of rotatable bonds is 10. The quantitative estimate of drug-likeness (QED) is 0.418. The van der Waals surface area contributed by atoms with E-state index in [9.17, 15) is 9.59 Å². The van der Waals surface area contributed by atoms with Crippen LogP contribution < -0.4 is 5.32 Å². The molecule has 0 heterocycles. The van der Waals surface area contributed by atoms with Gasteiger partial charge in [-0.3, -0.25) is 4.79 Å². The molecule has 16 heavy (non-hydrogen) atoms. The van der Waals surface area contributed by atoms with Crippen LogP contribution in [0.2, 0.25) is 0 Å². The van der Waals surface area contributed by atoms with Crippen LogP contribution in [0.1, 0.15) is 6.42 Å². The Morgan fingerprint density at radius 3 is 2.56 bits per heavy atom. The first-order valence-electron chi connectivity index (χ1n) is 4.86. The molecule has 0 aromatic carbocycles. The molecule has 7 heteroatoms. The second-order valence-corrected chi connectivity index (χ2v) is 3.27. The summed E-state index contributed by atoms with van der Waals surface area (Å²) in [4.78, 5) is 21.1. The van der Waals surface area contributed by atoms with E-state index in [0.717, 1.165) is 0 Å². The molecule has 0 saturated heterocycles. The molecule has 0 aliphatic carbocycles. The smallest absolute Gasteiger partial charge is 0.329 e. The van der Waals surface area contributed by atoms with Gasteiger partial charge in [-0.15, -0.1) is 11.6 Å². The number of hydrogen-bond donors (Lipinski definition) is 2. The Hall–Kier alpha value is -0.850. The summed E-state index contributed by atoms with van der Waals surface area (Å²) >= 11 is 5.39. The van der Waals surface area contributed by atoms with Crippen molar-refractivity contribution in [3.63, 3.8) is 0 Å². The molecule has 0 spiro atoms. The van der Waals surface area contributed by atoms with Gasteiger partial charge >= 0.3 is 5.97 Å². The number of alkyl halides is 1. The van der Waals surface area contributed by atoms with Crippen molar-refractivity contribution >= 4 is 23.5 Å². The van der Waals surface area contributed by atoms with E-state index in [1.165, 1.54) is 0 Å². The van der Waals surface area contributed by atoms with Crippen LogP contribution >= 0.6 is 11.6 Å². The van der Waals surface area contributed by atoms with Gasteiger partial charge in [0.05, 0.1) is 6.61 Å². The first-order chi connectivity index (χ1) is 7.66. The van der Waals surface area contributed by atoms with E-state index in [-0.39, 0.29) is 12.5 Å². The number of carbonyl (C=O) groups excluding carboxylic acids is 1. The van der Waals surface area contributed by atoms with Gasteiger partial charge in [0, 0.05) is 19.0 Å². The van der Waals surface area contributed by atoms with E-state index in [1.807, 2.05) is 0 Å². The third-order valence-electron chi connectivity index (χ3n) is 1.47. The largest absolute Gasteiger partial charge is 0.480 e. The molecule has 2 N–H and O–H groups in total. The number of hydrogen-bond acceptors (Lipinski definition) is 4. The Morgan fingerprint density at radius 2 is 1.94 bits per heavy atom. The average Bonchev–Trinajstić information content (AvgIpc) is 2.22. The lowest BCUT2D eigenvalue weighted by Crippen LogP contribution is -2.30. The number of carboxylic acids is 1. The SMILES string of the molecule is O=C(O)COCC(=O)NCCCOCCCl. The molecule has 0 fully saturated rings. The molecule has 0 aliphatic heterocycles. The lowest BCUT2D eigenvalue weighted by atomic mass is 10.4. The normalized spacial score (nSPS) is 10.1. The number of carboxylic acid groups (broad SMARTS) is 1. The maximum atomic E-state index is 11.0. The predicted octanol–water partition coefficient (Wildman–Crippen LogP) is -0.151. The highest BCUT2D eigenvalue weighted by molar-refractivity contribution is 6.17. The van der Waals surface area contributed by atoms with Crippen molar-refractivity contribution < 1.29 is 24.2 Å². The molecule has 6 nitrogen and oxygen atoms in total. The second-order valence-electron chi connectivity index (χ2n) is 2.89. The minimum atomic E-state index is -1.10. The molecule has 0 aromatic rings. The molecule has 0 radical (unpaired) electrons. The number of halogens is 1. The molecule has 0 rings (SSSR count). The predicted molar refractivity (Wildman–Crippen MR) is 57.6 cm³/mol. The van der Waals surface area contributed by atoms with Gasteiger partial charge in [0.1, 0.15) is 13.2 Å². The second kappa shape index (κ2) is 10.7. The Morgan fingerprint density at radius 1 is 1.19 bits per heavy atom. The Balaban J connectivity index is 3.20. The van der Waals surface area contributed by atoms with E-state index in [0.29, 0.717) is 32.1 Å². The zero-order valence-electron chi connectivity index (χ0n) is 8.91. The van der Waals surface area contributed by atoms with Crippen molar-refractivity contribution in [1.82, 2.24) is 5.32 Å². The summed E-state index contributed by atoms with van der Waals surface area (Å²) < 4.78 is 9.68. The van der Waals surface area contributed by atoms with Crippen molar-refractivity contribution in [2.45, 2.75) is 6.42 Å². The summed E-state index contributed by atoms with van der Waals surface area (Å²) in [6.45, 7) is 0.791. The lowest BCUT2D eigenvalue weighted by molar-refractivity contribution is -0.143. The highest BCUT2D eigenvalue weighted by Gasteiger charge is 2.02. The standard InChI is InChI=1S/C9H16ClNO5/c10-2-5-15-4-1-3-11-8(12)6-16-7-9(13)14/h1-7H2,(H,11,12)(H,13,14). The first kappa shape index (κ1) is 15.2. The van der Waals surface area contributed by atoms with Gasteiger partial charge < -0.3 is 19.9 Å². The molecular formula is C9H16ClNO5. The minimum Gasteiger partial charge on any atom is -0.480 e. The van der Waals surface area contributed by atoms with Crippen LogP contribution in [0.4, 0.5) is 0 Å². The number of carbonyl (C=O) groups is 2. The van der Waals surface area contributed by atoms with Gasteiger partial charge in [0.15, 0.2) is 0 Å². The Bertz CT molecular complexity index is 212. The molecule has 0 bridgehead atoms. The Kier molecular flexibility index (Phi) is 10.1. The van der Waals surface area contributed by atoms with E-state index in [2.05, 4.69) is 10.1 Å². The average molecular weight is 254 g/mol. The fraction of sp³-hybridized carbons (Fsp3) is 0.778. The van der Waals surface area contributed by atoms with Crippen molar-refractivity contribution in [3.05, 3.63) is 0 Å². The third kappa shape index (κ3) is 11.2. The molecule has 0 aliphatic rings. The molecule has 94 valence electrons. The van der Waals surface area contributed by atoms with E-state index in [4.69, 9.17) is 21.4 Å². The van der Waals surface area contributed by atoms with Crippen LogP contribution in [0.3, 0.4) is 0 Å². The topological polar surface area (TPSA) is 84.9 Å². The first-order valence-corrected chi connectivity index (χ1v) is 5.40. The molecule has 1 amide bonds. The van der Waals surface area contributed by atoms with Gasteiger partial charge in [-0.1, -0.05) is 0 Å². The minimum absolute atomic E-state index is 0.241. The summed E-state index contributed by atoms with van der Waals surface area (Å²) in [5.41, 5.74) is 0. The zero-order valence-corrected chi connectivity index (χ0v) is 9.66. The van der Waals surface area contributed by atoms with Crippen LogP contribution in [0.15, 0.2) is 0 Å². The van der Waals surface area contributed by atoms with Gasteiger partial charge in [-0.25, -0.2) is 4.79 Å². The fourth-order valence-corrected chi connectivity index (χ4v) is 0.950. The van der Waals surface area contributed by atoms with Crippen molar-refractivity contribution in [2.24, 2.45) is 0 Å². The zero-order chi connectivity index (χ0) is 12.2. The summed E-state index contributed by atoms with van der Waals surface area (Å²) in [5.74, 6) is -0.976. The number of aliphatic carboxylic acids is 1. The maximum absolute atomic E-state index is 11.0. The third-order valence-corrected chi connectivity index (χ3v) is 1.62. The Labute approximate surface area is 98.9 Å². The van der Waals surface area contributed by atoms with E-state index < -0.39 is 12.6 Å². The summed E-state index contributed by atoms with van der Waals surface area (Å²) in [6, 6.07) is 0. The molecule has 0 aromatic heterocycles. The van der Waals surface area contributed by atoms with Crippen LogP contribution in [0.25, 0.3) is 0 Å². The molecule has 0 saturated carbocycles. The fourth-order valence-electron chi connectivity index (χ4n) is 0.841. The van der Waals surface area contributed by atoms with Gasteiger partial charge in [0.25, 0.3) is 0 Å². The monoisotopic (exact) mass is 253 g/mol. The summed E-state index contributed by atoms with van der Waals surface area (Å²) in [5, 5.41) is 10.8. The number of amides is 1. The van der Waals surface area contributed by atoms with Crippen LogP contribution in [0, 0.1) is 0 Å². The van der Waals surface area contributed by atoms with Crippen molar-refractivity contribution in [1.29, 1.82) is 0 Å². The molecule has 0 atom stereocenters. The summed E-state index contributed by atoms with van der Waals surface area (Å²) in [7, 11) is 0. The van der Waals surface area contributed by atoms with Crippen molar-refractivity contribution in [2.75, 3.05) is 38.9 Å². The maximum Gasteiger partial charge on any atom is 0.329 e. The molecule has 0 unspecified atom stereocenters. The summed E-state index contributed by atoms with van der Waals surface area (Å²) in [6.07, 6.45) is 0.682. The number of nitrogens with one attached hydrogen (secondary N) is 1. The van der Waals surface area contributed by atoms with Gasteiger partial charge in [-0.2, -0.15) is 0 Å². The van der Waals surface area contributed by atoms with E-state index >= 15 is 0 Å². The van der Waals surface area contributed by atoms with Gasteiger partial charge in [-0.05, 0) is 6.42 Å². The van der Waals surface area contributed by atoms with Crippen LogP contribution in [-0.4, -0.2) is 55.8 Å². The van der Waals surface area contributed by atoms with Crippen LogP contribution in [-0.2, 0) is 19.1 Å². The van der Waals surface area contributed by atoms with Gasteiger partial charge in [0.2, 0.25) is 5.91 Å². The van der Waals surface area contributed by atoms with Crippen molar-refractivity contribution in [3.8, 4) is 0 Å². The highest BCUT2D eigenvalue weighted by Crippen LogP contribution is 1.83. The lowest BCUT2D eigenvalue weighted by Gasteiger charge is -2.05. The van der Waals surface area contributed by atoms with E-state index in [1.54, 1.807) is 0 Å². The molecular weight excluding hydrogens is 238 g/mol. The highest BCUT2D eigenvalue weighted by atomic mass is 35.5.